The van der Waals surface area contributed by atoms with Crippen molar-refractivity contribution in [3.05, 3.63) is 42.0 Å². The van der Waals surface area contributed by atoms with Crippen LogP contribution in [0.4, 0.5) is 5.69 Å². The summed E-state index contributed by atoms with van der Waals surface area (Å²) in [5.74, 6) is -1.90. The summed E-state index contributed by atoms with van der Waals surface area (Å²) in [5.41, 5.74) is -0.429. The largest absolute Gasteiger partial charge is 0.545 e. The molecule has 2 aliphatic carbocycles. The molecule has 4 atom stereocenters. The van der Waals surface area contributed by atoms with Crippen LogP contribution in [0.15, 0.2) is 36.4 Å². The van der Waals surface area contributed by atoms with Gasteiger partial charge in [0.15, 0.2) is 0 Å². The van der Waals surface area contributed by atoms with Crippen molar-refractivity contribution in [3.63, 3.8) is 0 Å². The number of carboxylic acids is 1. The van der Waals surface area contributed by atoms with Gasteiger partial charge in [-0.1, -0.05) is 24.3 Å². The molecular formula is C17H14NO4-. The van der Waals surface area contributed by atoms with Gasteiger partial charge >= 0.3 is 0 Å². The number of carbonyl (C=O) groups excluding carboxylic acids is 3. The van der Waals surface area contributed by atoms with Crippen LogP contribution in [0.25, 0.3) is 0 Å². The smallest absolute Gasteiger partial charge is 0.241 e. The highest BCUT2D eigenvalue weighted by Gasteiger charge is 2.67. The molecular weight excluding hydrogens is 282 g/mol. The van der Waals surface area contributed by atoms with Crippen molar-refractivity contribution < 1.29 is 19.5 Å². The number of carboxylic acid groups (broad SMARTS) is 1. The van der Waals surface area contributed by atoms with Gasteiger partial charge in [-0.05, 0) is 42.9 Å². The SMILES string of the molecule is C[C@@]12C(=O)N(c3cccc(C(=O)[O-])c3)C(=O)[C@H]1[C@@H]1C=C[C@@H]2C1. The number of amides is 2. The van der Waals surface area contributed by atoms with Crippen LogP contribution in [-0.4, -0.2) is 17.8 Å². The molecule has 2 fully saturated rings. The first kappa shape index (κ1) is 13.2. The molecule has 0 aromatic heterocycles. The van der Waals surface area contributed by atoms with Crippen molar-refractivity contribution in [2.45, 2.75) is 13.3 Å². The maximum atomic E-state index is 12.9. The predicted molar refractivity (Wildman–Crippen MR) is 75.6 cm³/mol. The highest BCUT2D eigenvalue weighted by molar-refractivity contribution is 6.24. The minimum atomic E-state index is -1.32. The molecule has 2 amide bonds. The Bertz CT molecular complexity index is 753. The van der Waals surface area contributed by atoms with Crippen LogP contribution in [0, 0.1) is 23.2 Å². The summed E-state index contributed by atoms with van der Waals surface area (Å²) in [4.78, 5) is 37.8. The lowest BCUT2D eigenvalue weighted by molar-refractivity contribution is -0.255. The number of carbonyl (C=O) groups is 3. The second kappa shape index (κ2) is 4.06. The van der Waals surface area contributed by atoms with Gasteiger partial charge < -0.3 is 9.90 Å². The number of allylic oxidation sites excluding steroid dienone is 2. The topological polar surface area (TPSA) is 77.5 Å². The first-order valence-electron chi connectivity index (χ1n) is 7.32. The summed E-state index contributed by atoms with van der Waals surface area (Å²) in [6, 6.07) is 5.81. The number of imide groups is 1. The molecule has 5 nitrogen and oxygen atoms in total. The molecule has 0 radical (unpaired) electrons. The van der Waals surface area contributed by atoms with E-state index in [1.165, 1.54) is 18.2 Å². The minimum absolute atomic E-state index is 0.0404. The van der Waals surface area contributed by atoms with Gasteiger partial charge in [0.1, 0.15) is 0 Å². The fraction of sp³-hybridized carbons (Fsp3) is 0.353. The van der Waals surface area contributed by atoms with Crippen LogP contribution >= 0.6 is 0 Å². The molecule has 1 saturated carbocycles. The molecule has 2 bridgehead atoms. The number of fused-ring (bicyclic) bond motifs is 5. The first-order chi connectivity index (χ1) is 10.4. The molecule has 22 heavy (non-hydrogen) atoms. The first-order valence-corrected chi connectivity index (χ1v) is 7.32. The summed E-state index contributed by atoms with van der Waals surface area (Å²) in [6.45, 7) is 1.86. The lowest BCUT2D eigenvalue weighted by Gasteiger charge is -2.28. The molecule has 1 aromatic carbocycles. The number of hydrogen-bond donors (Lipinski definition) is 0. The Labute approximate surface area is 127 Å². The van der Waals surface area contributed by atoms with E-state index >= 15 is 0 Å². The summed E-state index contributed by atoms with van der Waals surface area (Å²) in [7, 11) is 0. The quantitative estimate of drug-likeness (QED) is 0.596. The van der Waals surface area contributed by atoms with Crippen LogP contribution in [0.2, 0.25) is 0 Å². The fourth-order valence-electron chi connectivity index (χ4n) is 4.32. The van der Waals surface area contributed by atoms with E-state index in [9.17, 15) is 19.5 Å². The predicted octanol–water partition coefficient (Wildman–Crippen LogP) is 0.752. The van der Waals surface area contributed by atoms with Crippen molar-refractivity contribution >= 4 is 23.5 Å². The van der Waals surface area contributed by atoms with Gasteiger partial charge in [0.2, 0.25) is 11.8 Å². The molecule has 1 aliphatic heterocycles. The van der Waals surface area contributed by atoms with Crippen molar-refractivity contribution in [2.24, 2.45) is 23.2 Å². The third kappa shape index (κ3) is 1.41. The fourth-order valence-corrected chi connectivity index (χ4v) is 4.32. The molecule has 3 aliphatic rings. The van der Waals surface area contributed by atoms with Crippen molar-refractivity contribution in [1.82, 2.24) is 0 Å². The minimum Gasteiger partial charge on any atom is -0.545 e. The van der Waals surface area contributed by atoms with E-state index in [0.29, 0.717) is 5.69 Å². The molecule has 112 valence electrons. The molecule has 1 saturated heterocycles. The van der Waals surface area contributed by atoms with Gasteiger partial charge in [-0.25, -0.2) is 4.90 Å². The molecule has 1 heterocycles. The van der Waals surface area contributed by atoms with Gasteiger partial charge in [0.05, 0.1) is 23.0 Å². The highest BCUT2D eigenvalue weighted by Crippen LogP contribution is 2.60. The maximum Gasteiger partial charge on any atom is 0.241 e. The Morgan fingerprint density at radius 2 is 2.09 bits per heavy atom. The number of benzene rings is 1. The van der Waals surface area contributed by atoms with Crippen LogP contribution in [0.5, 0.6) is 0 Å². The lowest BCUT2D eigenvalue weighted by atomic mass is 9.71. The summed E-state index contributed by atoms with van der Waals surface area (Å²) in [6.07, 6.45) is 4.92. The zero-order chi connectivity index (χ0) is 15.6. The highest BCUT2D eigenvalue weighted by atomic mass is 16.4. The lowest BCUT2D eigenvalue weighted by Crippen LogP contribution is -2.37. The van der Waals surface area contributed by atoms with E-state index in [0.717, 1.165) is 11.3 Å². The van der Waals surface area contributed by atoms with Gasteiger partial charge in [0, 0.05) is 0 Å². The van der Waals surface area contributed by atoms with Gasteiger partial charge in [-0.2, -0.15) is 0 Å². The summed E-state index contributed by atoms with van der Waals surface area (Å²) in [5, 5.41) is 11.0. The molecule has 0 unspecified atom stereocenters. The van der Waals surface area contributed by atoms with E-state index in [4.69, 9.17) is 0 Å². The number of hydrogen-bond acceptors (Lipinski definition) is 4. The van der Waals surface area contributed by atoms with Gasteiger partial charge in [-0.3, -0.25) is 9.59 Å². The van der Waals surface area contributed by atoms with E-state index in [1.807, 2.05) is 19.1 Å². The second-order valence-corrected chi connectivity index (χ2v) is 6.47. The Hall–Kier alpha value is -2.43. The molecule has 4 rings (SSSR count). The summed E-state index contributed by atoms with van der Waals surface area (Å²) >= 11 is 0. The van der Waals surface area contributed by atoms with Gasteiger partial charge in [-0.15, -0.1) is 0 Å². The Balaban J connectivity index is 1.79. The molecule has 5 heteroatoms. The van der Waals surface area contributed by atoms with Crippen LogP contribution in [0.3, 0.4) is 0 Å². The van der Waals surface area contributed by atoms with Crippen molar-refractivity contribution in [2.75, 3.05) is 4.90 Å². The van der Waals surface area contributed by atoms with Crippen LogP contribution < -0.4 is 10.0 Å². The summed E-state index contributed by atoms with van der Waals surface area (Å²) < 4.78 is 0. The number of aromatic carboxylic acids is 1. The Morgan fingerprint density at radius 3 is 2.77 bits per heavy atom. The van der Waals surface area contributed by atoms with Gasteiger partial charge in [0.25, 0.3) is 0 Å². The second-order valence-electron chi connectivity index (χ2n) is 6.47. The Kier molecular flexibility index (Phi) is 2.45. The zero-order valence-corrected chi connectivity index (χ0v) is 12.0. The van der Waals surface area contributed by atoms with Crippen molar-refractivity contribution in [1.29, 1.82) is 0 Å². The van der Waals surface area contributed by atoms with E-state index in [-0.39, 0.29) is 35.1 Å². The van der Waals surface area contributed by atoms with E-state index in [2.05, 4.69) is 0 Å². The van der Waals surface area contributed by atoms with E-state index < -0.39 is 11.4 Å². The third-order valence-electron chi connectivity index (χ3n) is 5.45. The van der Waals surface area contributed by atoms with Crippen LogP contribution in [0.1, 0.15) is 23.7 Å². The third-order valence-corrected chi connectivity index (χ3v) is 5.45. The standard InChI is InChI=1S/C17H15NO4/c1-17-11-6-5-9(7-11)13(17)14(19)18(16(17)22)12-4-2-3-10(8-12)15(20)21/h2-6,8-9,11,13H,7H2,1H3,(H,20,21)/p-1/t9-,11-,13-,17+/m1/s1. The molecule has 0 N–H and O–H groups in total. The maximum absolute atomic E-state index is 12.9. The number of anilines is 1. The van der Waals surface area contributed by atoms with E-state index in [1.54, 1.807) is 6.07 Å². The van der Waals surface area contributed by atoms with Crippen LogP contribution in [-0.2, 0) is 9.59 Å². The van der Waals surface area contributed by atoms with Crippen molar-refractivity contribution in [3.8, 4) is 0 Å². The average Bonchev–Trinajstić information content (AvgIpc) is 3.12. The normalized spacial score (nSPS) is 35.3. The molecule has 0 spiro atoms. The number of nitrogens with zero attached hydrogens (tertiary/aromatic N) is 1. The molecule has 1 aromatic rings. The monoisotopic (exact) mass is 296 g/mol. The number of rotatable bonds is 2. The Morgan fingerprint density at radius 1 is 1.32 bits per heavy atom. The zero-order valence-electron chi connectivity index (χ0n) is 12.0. The average molecular weight is 296 g/mol.